The van der Waals surface area contributed by atoms with Gasteiger partial charge in [-0.3, -0.25) is 0 Å². The Hall–Kier alpha value is -1.89. The zero-order valence-corrected chi connectivity index (χ0v) is 8.53. The Balaban J connectivity index is 2.30. The third-order valence-electron chi connectivity index (χ3n) is 1.68. The molecule has 0 aliphatic rings. The molecule has 0 fully saturated rings. The van der Waals surface area contributed by atoms with Crippen LogP contribution in [0.25, 0.3) is 0 Å². The van der Waals surface area contributed by atoms with E-state index in [2.05, 4.69) is 14.6 Å². The van der Waals surface area contributed by atoms with Crippen LogP contribution in [0, 0.1) is 0 Å². The monoisotopic (exact) mass is 225 g/mol. The number of hydrogen-bond donors (Lipinski definition) is 2. The zero-order valence-electron chi connectivity index (χ0n) is 7.71. The third kappa shape index (κ3) is 2.32. The number of carbonyl (C=O) groups excluding carboxylic acids is 1. The lowest BCUT2D eigenvalue weighted by Crippen LogP contribution is -2.10. The minimum absolute atomic E-state index is 0.432. The van der Waals surface area contributed by atoms with Crippen molar-refractivity contribution in [3.05, 3.63) is 35.0 Å². The van der Waals surface area contributed by atoms with Crippen LogP contribution in [0.3, 0.4) is 0 Å². The van der Waals surface area contributed by atoms with Gasteiger partial charge in [-0.2, -0.15) is 0 Å². The van der Waals surface area contributed by atoms with Gasteiger partial charge in [0, 0.05) is 0 Å². The molecule has 0 radical (unpaired) electrons. The number of aromatic amines is 1. The summed E-state index contributed by atoms with van der Waals surface area (Å²) in [5.41, 5.74) is 4.97. The lowest BCUT2D eigenvalue weighted by molar-refractivity contribution is 0.256. The van der Waals surface area contributed by atoms with E-state index in [9.17, 15) is 4.79 Å². The van der Waals surface area contributed by atoms with Gasteiger partial charge in [-0.1, -0.05) is 0 Å². The van der Waals surface area contributed by atoms with E-state index in [1.807, 2.05) is 6.07 Å². The molecule has 0 aliphatic carbocycles. The number of primary amides is 1. The van der Waals surface area contributed by atoms with Crippen LogP contribution in [-0.4, -0.2) is 15.6 Å². The van der Waals surface area contributed by atoms with Crippen LogP contribution in [0.15, 0.2) is 34.0 Å². The highest BCUT2D eigenvalue weighted by atomic mass is 32.2. The fourth-order valence-corrected chi connectivity index (χ4v) is 2.41. The van der Waals surface area contributed by atoms with Gasteiger partial charge in [-0.25, -0.2) is 4.79 Å². The van der Waals surface area contributed by atoms with E-state index in [-0.39, 0.29) is 0 Å². The van der Waals surface area contributed by atoms with Gasteiger partial charge in [0.2, 0.25) is 5.75 Å². The fraction of sp³-hybridized carbons (Fsp3) is 0.125. The Morgan fingerprint density at radius 2 is 2.60 bits per heavy atom. The number of nitrogens with two attached hydrogens (primary N) is 1. The average molecular weight is 225 g/mol. The minimum Gasteiger partial charge on any atom is -0.464 e. The molecule has 7 heteroatoms. The Kier molecular flexibility index (Phi) is 2.64. The van der Waals surface area contributed by atoms with Crippen molar-refractivity contribution in [1.29, 1.82) is 0 Å². The summed E-state index contributed by atoms with van der Waals surface area (Å²) in [6, 6.07) is 2.95. The number of rotatable bonds is 2. The van der Waals surface area contributed by atoms with Crippen LogP contribution in [0.5, 0.6) is 0 Å². The first-order chi connectivity index (χ1) is 7.25. The first-order valence-electron chi connectivity index (χ1n) is 4.16. The summed E-state index contributed by atoms with van der Waals surface area (Å²) in [6.45, 7) is 0. The van der Waals surface area contributed by atoms with Gasteiger partial charge < -0.3 is 10.2 Å². The van der Waals surface area contributed by atoms with E-state index in [0.29, 0.717) is 10.4 Å². The van der Waals surface area contributed by atoms with Gasteiger partial charge in [0.05, 0.1) is 6.26 Å². The molecular formula is C8H9N4O2S+. The third-order valence-corrected chi connectivity index (χ3v) is 3.28. The Labute approximate surface area is 87.6 Å². The van der Waals surface area contributed by atoms with Crippen molar-refractivity contribution >= 4 is 16.7 Å². The Morgan fingerprint density at radius 3 is 3.27 bits per heavy atom. The van der Waals surface area contributed by atoms with Crippen LogP contribution in [0.1, 0.15) is 5.76 Å². The van der Waals surface area contributed by atoms with E-state index >= 15 is 0 Å². The van der Waals surface area contributed by atoms with Crippen molar-refractivity contribution in [2.75, 3.05) is 0 Å². The highest BCUT2D eigenvalue weighted by Crippen LogP contribution is 2.13. The molecule has 15 heavy (non-hydrogen) atoms. The van der Waals surface area contributed by atoms with Crippen molar-refractivity contribution in [3.63, 3.8) is 0 Å². The van der Waals surface area contributed by atoms with Gasteiger partial charge >= 0.3 is 10.7 Å². The molecular weight excluding hydrogens is 216 g/mol. The summed E-state index contributed by atoms with van der Waals surface area (Å²) in [6.07, 6.45) is 3.09. The number of nitrogens with one attached hydrogen (secondary N) is 1. The molecule has 0 aromatic carbocycles. The summed E-state index contributed by atoms with van der Waals surface area (Å²) >= 11 is 0. The number of nitrogens with zero attached hydrogens (tertiary/aromatic N) is 2. The molecule has 2 rings (SSSR count). The first-order valence-corrected chi connectivity index (χ1v) is 5.55. The SMILES string of the molecule is NC(=O)N=c1cn[nH][s+]1Cc1ccco1. The number of hydrogen-bond acceptors (Lipinski definition) is 3. The molecule has 1 unspecified atom stereocenters. The van der Waals surface area contributed by atoms with Crippen molar-refractivity contribution in [2.45, 2.75) is 5.75 Å². The van der Waals surface area contributed by atoms with Crippen molar-refractivity contribution < 1.29 is 9.21 Å². The number of H-pyrrole nitrogens is 1. The van der Waals surface area contributed by atoms with E-state index in [1.54, 1.807) is 12.3 Å². The van der Waals surface area contributed by atoms with Crippen LogP contribution >= 0.6 is 10.7 Å². The van der Waals surface area contributed by atoms with Crippen LogP contribution in [0.2, 0.25) is 0 Å². The highest BCUT2D eigenvalue weighted by molar-refractivity contribution is 7.23. The zero-order chi connectivity index (χ0) is 10.7. The molecule has 0 spiro atoms. The predicted molar refractivity (Wildman–Crippen MR) is 54.0 cm³/mol. The molecule has 78 valence electrons. The Morgan fingerprint density at radius 1 is 1.73 bits per heavy atom. The largest absolute Gasteiger partial charge is 0.464 e. The standard InChI is InChI=1S/C8H8N4O2S/c9-8(13)11-7-4-10-12-15(7)5-6-2-1-3-14-6/h1-4H,5H2,(H2-,9,11,12,13)/p+1. The van der Waals surface area contributed by atoms with Crippen molar-refractivity contribution in [3.8, 4) is 0 Å². The number of amides is 2. The summed E-state index contributed by atoms with van der Waals surface area (Å²) in [5, 5.41) is 3.84. The van der Waals surface area contributed by atoms with Gasteiger partial charge in [0.15, 0.2) is 5.76 Å². The average Bonchev–Trinajstić information content (AvgIpc) is 2.78. The van der Waals surface area contributed by atoms with Crippen LogP contribution in [0.4, 0.5) is 4.79 Å². The van der Waals surface area contributed by atoms with Crippen LogP contribution < -0.4 is 10.4 Å². The van der Waals surface area contributed by atoms with Crippen molar-refractivity contribution in [2.24, 2.45) is 10.7 Å². The predicted octanol–water partition coefficient (Wildman–Crippen LogP) is 0.780. The molecule has 2 aromatic rings. The van der Waals surface area contributed by atoms with Gasteiger partial charge in [0.1, 0.15) is 16.9 Å². The molecule has 0 saturated heterocycles. The normalized spacial score (nSPS) is 13.1. The van der Waals surface area contributed by atoms with E-state index < -0.39 is 16.7 Å². The number of furan rings is 1. The van der Waals surface area contributed by atoms with Gasteiger partial charge in [0.25, 0.3) is 0 Å². The molecule has 2 aromatic heterocycles. The molecule has 0 saturated carbocycles. The maximum atomic E-state index is 10.6. The molecule has 3 N–H and O–H groups in total. The molecule has 2 heterocycles. The summed E-state index contributed by atoms with van der Waals surface area (Å²) in [7, 11) is -0.432. The first kappa shape index (κ1) is 9.66. The molecule has 2 amide bonds. The highest BCUT2D eigenvalue weighted by Gasteiger charge is 2.13. The Bertz CT molecular complexity index is 511. The summed E-state index contributed by atoms with van der Waals surface area (Å²) in [4.78, 5) is 14.3. The quantitative estimate of drug-likeness (QED) is 0.739. The summed E-state index contributed by atoms with van der Waals surface area (Å²) in [5.74, 6) is 1.42. The van der Waals surface area contributed by atoms with E-state index in [4.69, 9.17) is 10.2 Å². The minimum atomic E-state index is -0.711. The molecule has 1 atom stereocenters. The van der Waals surface area contributed by atoms with Gasteiger partial charge in [-0.15, -0.1) is 14.6 Å². The van der Waals surface area contributed by atoms with Crippen molar-refractivity contribution in [1.82, 2.24) is 9.59 Å². The van der Waals surface area contributed by atoms with E-state index in [0.717, 1.165) is 5.76 Å². The fourth-order valence-electron chi connectivity index (χ4n) is 1.09. The maximum Gasteiger partial charge on any atom is 0.343 e. The number of carbonyl (C=O) groups is 1. The lowest BCUT2D eigenvalue weighted by Gasteiger charge is -1.83. The second kappa shape index (κ2) is 4.09. The van der Waals surface area contributed by atoms with Crippen LogP contribution in [-0.2, 0) is 5.75 Å². The molecule has 0 aliphatic heterocycles. The summed E-state index contributed by atoms with van der Waals surface area (Å²) < 4.78 is 8.59. The molecule has 0 bridgehead atoms. The lowest BCUT2D eigenvalue weighted by atomic mass is 10.5. The molecule has 6 nitrogen and oxygen atoms in total. The smallest absolute Gasteiger partial charge is 0.343 e. The second-order valence-corrected chi connectivity index (χ2v) is 4.42. The maximum absolute atomic E-state index is 10.6. The second-order valence-electron chi connectivity index (χ2n) is 2.75. The number of aromatic nitrogens is 2. The van der Waals surface area contributed by atoms with E-state index in [1.165, 1.54) is 6.20 Å². The topological polar surface area (TPSA) is 97.3 Å². The van der Waals surface area contributed by atoms with Gasteiger partial charge in [-0.05, 0) is 12.1 Å². The number of urea groups is 1.